The third kappa shape index (κ3) is 3.86. The number of nitrogens with zero attached hydrogens (tertiary/aromatic N) is 2. The molecule has 4 nitrogen and oxygen atoms in total. The van der Waals surface area contributed by atoms with Crippen molar-refractivity contribution in [2.75, 3.05) is 13.1 Å². The SMILES string of the molecule is CC(C)CN(CC(C)C)C(=O)c1noc2c1C[C@H](C)CC2. The number of aryl methyl sites for hydroxylation is 1. The Morgan fingerprint density at radius 2 is 1.90 bits per heavy atom. The summed E-state index contributed by atoms with van der Waals surface area (Å²) in [6.07, 6.45) is 2.94. The van der Waals surface area contributed by atoms with Crippen LogP contribution >= 0.6 is 0 Å². The highest BCUT2D eigenvalue weighted by Crippen LogP contribution is 2.28. The number of hydrogen-bond acceptors (Lipinski definition) is 3. The standard InChI is InChI=1S/C17H28N2O2/c1-11(2)9-19(10-12(3)4)17(20)16-14-8-13(5)6-7-15(14)21-18-16/h11-13H,6-10H2,1-5H3/t13-/m1/s1. The zero-order chi connectivity index (χ0) is 15.6. The molecule has 1 heterocycles. The van der Waals surface area contributed by atoms with E-state index in [2.05, 4.69) is 39.8 Å². The molecule has 1 aromatic heterocycles. The molecular formula is C17H28N2O2. The average Bonchev–Trinajstić information content (AvgIpc) is 2.78. The van der Waals surface area contributed by atoms with Crippen molar-refractivity contribution in [3.63, 3.8) is 0 Å². The van der Waals surface area contributed by atoms with Gasteiger partial charge >= 0.3 is 0 Å². The summed E-state index contributed by atoms with van der Waals surface area (Å²) in [4.78, 5) is 14.8. The summed E-state index contributed by atoms with van der Waals surface area (Å²) in [5.74, 6) is 2.47. The summed E-state index contributed by atoms with van der Waals surface area (Å²) in [7, 11) is 0. The van der Waals surface area contributed by atoms with Crippen LogP contribution in [-0.2, 0) is 12.8 Å². The zero-order valence-corrected chi connectivity index (χ0v) is 14.0. The van der Waals surface area contributed by atoms with Crippen molar-refractivity contribution in [3.8, 4) is 0 Å². The minimum Gasteiger partial charge on any atom is -0.360 e. The van der Waals surface area contributed by atoms with Gasteiger partial charge in [-0.1, -0.05) is 39.8 Å². The van der Waals surface area contributed by atoms with Crippen LogP contribution in [0.5, 0.6) is 0 Å². The van der Waals surface area contributed by atoms with Crippen molar-refractivity contribution in [2.45, 2.75) is 53.9 Å². The van der Waals surface area contributed by atoms with E-state index >= 15 is 0 Å². The summed E-state index contributed by atoms with van der Waals surface area (Å²) >= 11 is 0. The molecule has 2 rings (SSSR count). The fourth-order valence-electron chi connectivity index (χ4n) is 3.02. The molecular weight excluding hydrogens is 264 g/mol. The van der Waals surface area contributed by atoms with Gasteiger partial charge in [0.2, 0.25) is 0 Å². The summed E-state index contributed by atoms with van der Waals surface area (Å²) < 4.78 is 5.42. The number of amides is 1. The average molecular weight is 292 g/mol. The van der Waals surface area contributed by atoms with Gasteiger partial charge in [-0.2, -0.15) is 0 Å². The number of hydrogen-bond donors (Lipinski definition) is 0. The van der Waals surface area contributed by atoms with Crippen LogP contribution < -0.4 is 0 Å². The molecule has 118 valence electrons. The highest BCUT2D eigenvalue weighted by Gasteiger charge is 2.29. The minimum atomic E-state index is 0.0384. The molecule has 0 N–H and O–H groups in total. The third-order valence-electron chi connectivity index (χ3n) is 3.95. The lowest BCUT2D eigenvalue weighted by atomic mass is 9.88. The molecule has 1 aromatic rings. The number of rotatable bonds is 5. The van der Waals surface area contributed by atoms with Gasteiger partial charge in [-0.05, 0) is 30.6 Å². The van der Waals surface area contributed by atoms with Gasteiger partial charge < -0.3 is 9.42 Å². The normalized spacial score (nSPS) is 18.1. The largest absolute Gasteiger partial charge is 0.360 e. The summed E-state index contributed by atoms with van der Waals surface area (Å²) in [6.45, 7) is 12.3. The molecule has 21 heavy (non-hydrogen) atoms. The molecule has 0 fully saturated rings. The van der Waals surface area contributed by atoms with E-state index in [1.54, 1.807) is 0 Å². The maximum atomic E-state index is 12.9. The first-order chi connectivity index (χ1) is 9.88. The lowest BCUT2D eigenvalue weighted by molar-refractivity contribution is 0.0703. The monoisotopic (exact) mass is 292 g/mol. The van der Waals surface area contributed by atoms with E-state index < -0.39 is 0 Å². The van der Waals surface area contributed by atoms with Crippen LogP contribution in [0.4, 0.5) is 0 Å². The van der Waals surface area contributed by atoms with Crippen molar-refractivity contribution >= 4 is 5.91 Å². The van der Waals surface area contributed by atoms with Crippen molar-refractivity contribution in [2.24, 2.45) is 17.8 Å². The second-order valence-corrected chi connectivity index (χ2v) is 7.28. The fraction of sp³-hybridized carbons (Fsp3) is 0.765. The van der Waals surface area contributed by atoms with Gasteiger partial charge in [0.25, 0.3) is 5.91 Å². The lowest BCUT2D eigenvalue weighted by Crippen LogP contribution is -2.37. The lowest BCUT2D eigenvalue weighted by Gasteiger charge is -2.26. The first-order valence-corrected chi connectivity index (χ1v) is 8.15. The first kappa shape index (κ1) is 16.1. The van der Waals surface area contributed by atoms with Crippen molar-refractivity contribution < 1.29 is 9.32 Å². The Morgan fingerprint density at radius 1 is 1.29 bits per heavy atom. The van der Waals surface area contributed by atoms with Gasteiger partial charge in [0, 0.05) is 25.1 Å². The highest BCUT2D eigenvalue weighted by atomic mass is 16.5. The summed E-state index contributed by atoms with van der Waals surface area (Å²) in [6, 6.07) is 0. The molecule has 0 unspecified atom stereocenters. The zero-order valence-electron chi connectivity index (χ0n) is 14.0. The molecule has 0 saturated carbocycles. The number of carbonyl (C=O) groups excluding carboxylic acids is 1. The van der Waals surface area contributed by atoms with Gasteiger partial charge in [0.05, 0.1) is 0 Å². The van der Waals surface area contributed by atoms with Crippen LogP contribution in [0, 0.1) is 17.8 Å². The predicted octanol–water partition coefficient (Wildman–Crippen LogP) is 3.55. The number of fused-ring (bicyclic) bond motifs is 1. The maximum absolute atomic E-state index is 12.9. The Bertz CT molecular complexity index is 481. The Kier molecular flexibility index (Phi) is 5.07. The van der Waals surface area contributed by atoms with Crippen LogP contribution in [-0.4, -0.2) is 29.1 Å². The molecule has 1 aliphatic carbocycles. The van der Waals surface area contributed by atoms with Crippen molar-refractivity contribution in [3.05, 3.63) is 17.0 Å². The topological polar surface area (TPSA) is 46.3 Å². The third-order valence-corrected chi connectivity index (χ3v) is 3.95. The number of carbonyl (C=O) groups is 1. The quantitative estimate of drug-likeness (QED) is 0.833. The van der Waals surface area contributed by atoms with Crippen LogP contribution in [0.15, 0.2) is 4.52 Å². The van der Waals surface area contributed by atoms with E-state index in [9.17, 15) is 4.79 Å². The smallest absolute Gasteiger partial charge is 0.276 e. The van der Waals surface area contributed by atoms with Crippen molar-refractivity contribution in [1.82, 2.24) is 10.1 Å². The second-order valence-electron chi connectivity index (χ2n) is 7.28. The second kappa shape index (κ2) is 6.63. The Balaban J connectivity index is 2.22. The summed E-state index contributed by atoms with van der Waals surface area (Å²) in [5, 5.41) is 4.10. The van der Waals surface area contributed by atoms with Crippen LogP contribution in [0.2, 0.25) is 0 Å². The summed E-state index contributed by atoms with van der Waals surface area (Å²) in [5.41, 5.74) is 1.61. The highest BCUT2D eigenvalue weighted by molar-refractivity contribution is 5.94. The maximum Gasteiger partial charge on any atom is 0.276 e. The van der Waals surface area contributed by atoms with E-state index in [-0.39, 0.29) is 5.91 Å². The van der Waals surface area contributed by atoms with Gasteiger partial charge in [0.15, 0.2) is 5.69 Å². The molecule has 1 aliphatic rings. The molecule has 0 aromatic carbocycles. The van der Waals surface area contributed by atoms with Crippen molar-refractivity contribution in [1.29, 1.82) is 0 Å². The molecule has 0 bridgehead atoms. The molecule has 1 amide bonds. The van der Waals surface area contributed by atoms with Crippen LogP contribution in [0.1, 0.15) is 62.9 Å². The van der Waals surface area contributed by atoms with Gasteiger partial charge in [0.1, 0.15) is 5.76 Å². The van der Waals surface area contributed by atoms with Crippen LogP contribution in [0.25, 0.3) is 0 Å². The van der Waals surface area contributed by atoms with E-state index in [4.69, 9.17) is 4.52 Å². The Hall–Kier alpha value is -1.32. The Labute approximate surface area is 127 Å². The molecule has 0 saturated heterocycles. The molecule has 0 aliphatic heterocycles. The Morgan fingerprint density at radius 3 is 2.48 bits per heavy atom. The molecule has 4 heteroatoms. The fourth-order valence-corrected chi connectivity index (χ4v) is 3.02. The molecule has 0 spiro atoms. The van der Waals surface area contributed by atoms with Gasteiger partial charge in [-0.3, -0.25) is 4.79 Å². The van der Waals surface area contributed by atoms with Gasteiger partial charge in [-0.15, -0.1) is 0 Å². The van der Waals surface area contributed by atoms with E-state index in [1.165, 1.54) is 0 Å². The van der Waals surface area contributed by atoms with E-state index in [1.807, 2.05) is 4.90 Å². The van der Waals surface area contributed by atoms with E-state index in [0.717, 1.165) is 43.7 Å². The van der Waals surface area contributed by atoms with E-state index in [0.29, 0.717) is 23.4 Å². The minimum absolute atomic E-state index is 0.0384. The number of aromatic nitrogens is 1. The van der Waals surface area contributed by atoms with Crippen LogP contribution in [0.3, 0.4) is 0 Å². The van der Waals surface area contributed by atoms with Gasteiger partial charge in [-0.25, -0.2) is 0 Å². The molecule has 0 radical (unpaired) electrons. The first-order valence-electron chi connectivity index (χ1n) is 8.15. The predicted molar refractivity (Wildman–Crippen MR) is 83.3 cm³/mol. The molecule has 1 atom stereocenters.